The van der Waals surface area contributed by atoms with E-state index in [-0.39, 0.29) is 12.6 Å². The number of carbonyl (C=O) groups excluding carboxylic acids is 1. The molecular formula is C13H14FN3O2S. The Morgan fingerprint density at radius 3 is 2.85 bits per heavy atom. The third kappa shape index (κ3) is 4.65. The molecule has 0 spiro atoms. The van der Waals surface area contributed by atoms with Gasteiger partial charge in [-0.3, -0.25) is 9.18 Å². The fourth-order valence-electron chi connectivity index (χ4n) is 1.42. The van der Waals surface area contributed by atoms with Gasteiger partial charge in [0.15, 0.2) is 5.17 Å². The van der Waals surface area contributed by atoms with Crippen LogP contribution in [0.5, 0.6) is 5.75 Å². The zero-order chi connectivity index (χ0) is 14.2. The first-order chi connectivity index (χ1) is 9.78. The van der Waals surface area contributed by atoms with Crippen LogP contribution >= 0.6 is 11.8 Å². The van der Waals surface area contributed by atoms with Gasteiger partial charge < -0.3 is 10.1 Å². The van der Waals surface area contributed by atoms with E-state index < -0.39 is 0 Å². The van der Waals surface area contributed by atoms with Crippen LogP contribution in [-0.2, 0) is 4.79 Å². The number of amides is 1. The molecule has 5 nitrogen and oxygen atoms in total. The summed E-state index contributed by atoms with van der Waals surface area (Å²) in [5.74, 6) is 1.03. The first kappa shape index (κ1) is 14.5. The molecule has 1 saturated heterocycles. The summed E-state index contributed by atoms with van der Waals surface area (Å²) in [6, 6.07) is 7.24. The number of ether oxygens (including phenoxy) is 1. The highest BCUT2D eigenvalue weighted by Crippen LogP contribution is 2.12. The second-order valence-corrected chi connectivity index (χ2v) is 4.91. The average Bonchev–Trinajstić information content (AvgIpc) is 2.87. The van der Waals surface area contributed by atoms with Crippen LogP contribution in [0.25, 0.3) is 0 Å². The molecule has 2 rings (SSSR count). The van der Waals surface area contributed by atoms with Crippen molar-refractivity contribution in [2.75, 3.05) is 19.0 Å². The maximum Gasteiger partial charge on any atom is 0.236 e. The van der Waals surface area contributed by atoms with E-state index in [0.717, 1.165) is 5.56 Å². The number of hydrogen-bond acceptors (Lipinski definition) is 5. The number of alkyl halides is 1. The maximum atomic E-state index is 11.9. The van der Waals surface area contributed by atoms with Gasteiger partial charge in [0.2, 0.25) is 5.91 Å². The molecule has 0 atom stereocenters. The van der Waals surface area contributed by atoms with Gasteiger partial charge >= 0.3 is 0 Å². The Morgan fingerprint density at radius 1 is 1.40 bits per heavy atom. The Morgan fingerprint density at radius 2 is 2.20 bits per heavy atom. The van der Waals surface area contributed by atoms with Crippen molar-refractivity contribution < 1.29 is 13.9 Å². The minimum atomic E-state index is -0.375. The van der Waals surface area contributed by atoms with Gasteiger partial charge in [0.1, 0.15) is 5.75 Å². The molecule has 0 aromatic heterocycles. The molecule has 1 heterocycles. The van der Waals surface area contributed by atoms with Crippen molar-refractivity contribution in [3.63, 3.8) is 0 Å². The summed E-state index contributed by atoms with van der Waals surface area (Å²) < 4.78 is 17.3. The molecule has 0 unspecified atom stereocenters. The van der Waals surface area contributed by atoms with E-state index in [4.69, 9.17) is 4.74 Å². The summed E-state index contributed by atoms with van der Waals surface area (Å²) in [5.41, 5.74) is 0.863. The van der Waals surface area contributed by atoms with Gasteiger partial charge in [-0.05, 0) is 29.8 Å². The molecule has 0 saturated carbocycles. The zero-order valence-corrected chi connectivity index (χ0v) is 11.5. The zero-order valence-electron chi connectivity index (χ0n) is 10.7. The number of benzene rings is 1. The number of nitrogens with one attached hydrogen (secondary N) is 1. The van der Waals surface area contributed by atoms with Crippen LogP contribution in [0.1, 0.15) is 12.0 Å². The molecule has 1 aromatic rings. The number of rotatable bonds is 6. The lowest BCUT2D eigenvalue weighted by Gasteiger charge is -2.04. The van der Waals surface area contributed by atoms with E-state index in [9.17, 15) is 9.18 Å². The Kier molecular flexibility index (Phi) is 5.55. The predicted octanol–water partition coefficient (Wildman–Crippen LogP) is 1.98. The Balaban J connectivity index is 1.85. The molecule has 1 aliphatic heterocycles. The third-order valence-corrected chi connectivity index (χ3v) is 3.23. The predicted molar refractivity (Wildman–Crippen MR) is 78.2 cm³/mol. The molecule has 1 N–H and O–H groups in total. The van der Waals surface area contributed by atoms with Crippen LogP contribution in [0.4, 0.5) is 4.39 Å². The van der Waals surface area contributed by atoms with Crippen molar-refractivity contribution in [3.8, 4) is 5.75 Å². The Bertz CT molecular complexity index is 517. The normalized spacial score (nSPS) is 16.9. The summed E-state index contributed by atoms with van der Waals surface area (Å²) >= 11 is 1.32. The number of halogens is 1. The van der Waals surface area contributed by atoms with Gasteiger partial charge in [0, 0.05) is 6.42 Å². The van der Waals surface area contributed by atoms with Crippen LogP contribution in [0.3, 0.4) is 0 Å². The molecule has 106 valence electrons. The highest BCUT2D eigenvalue weighted by molar-refractivity contribution is 8.15. The van der Waals surface area contributed by atoms with Crippen LogP contribution in [0.2, 0.25) is 0 Å². The number of hydrogen-bond donors (Lipinski definition) is 1. The summed E-state index contributed by atoms with van der Waals surface area (Å²) in [6.07, 6.45) is 1.98. The van der Waals surface area contributed by atoms with Gasteiger partial charge in [0.05, 0.1) is 25.2 Å². The number of thioether (sulfide) groups is 1. The van der Waals surface area contributed by atoms with Gasteiger partial charge in [0.25, 0.3) is 0 Å². The van der Waals surface area contributed by atoms with E-state index in [0.29, 0.717) is 29.7 Å². The summed E-state index contributed by atoms with van der Waals surface area (Å²) in [5, 5.41) is 10.9. The van der Waals surface area contributed by atoms with Gasteiger partial charge in [-0.25, -0.2) is 0 Å². The van der Waals surface area contributed by atoms with E-state index in [1.54, 1.807) is 18.3 Å². The van der Waals surface area contributed by atoms with Gasteiger partial charge in [-0.1, -0.05) is 11.8 Å². The molecule has 1 aliphatic rings. The molecule has 20 heavy (non-hydrogen) atoms. The number of carbonyl (C=O) groups is 1. The number of nitrogens with zero attached hydrogens (tertiary/aromatic N) is 2. The van der Waals surface area contributed by atoms with Gasteiger partial charge in [-0.15, -0.1) is 5.10 Å². The Hall–Kier alpha value is -1.89. The van der Waals surface area contributed by atoms with Crippen molar-refractivity contribution in [2.24, 2.45) is 10.2 Å². The molecule has 1 amide bonds. The van der Waals surface area contributed by atoms with E-state index >= 15 is 0 Å². The van der Waals surface area contributed by atoms with Crippen LogP contribution in [0.15, 0.2) is 34.5 Å². The largest absolute Gasteiger partial charge is 0.493 e. The fraction of sp³-hybridized carbons (Fsp3) is 0.308. The summed E-state index contributed by atoms with van der Waals surface area (Å²) in [7, 11) is 0. The van der Waals surface area contributed by atoms with Crippen molar-refractivity contribution in [1.82, 2.24) is 5.32 Å². The number of amidine groups is 1. The maximum absolute atomic E-state index is 11.9. The van der Waals surface area contributed by atoms with Crippen LogP contribution in [-0.4, -0.2) is 36.3 Å². The lowest BCUT2D eigenvalue weighted by Crippen LogP contribution is -2.19. The van der Waals surface area contributed by atoms with Crippen LogP contribution < -0.4 is 10.1 Å². The Labute approximate surface area is 120 Å². The second-order valence-electron chi connectivity index (χ2n) is 3.95. The van der Waals surface area contributed by atoms with Crippen LogP contribution in [0, 0.1) is 0 Å². The van der Waals surface area contributed by atoms with Crippen molar-refractivity contribution in [2.45, 2.75) is 6.42 Å². The molecule has 1 aromatic carbocycles. The third-order valence-electron chi connectivity index (χ3n) is 2.37. The molecule has 1 fully saturated rings. The first-order valence-electron chi connectivity index (χ1n) is 6.10. The molecular weight excluding hydrogens is 281 g/mol. The quantitative estimate of drug-likeness (QED) is 0.496. The van der Waals surface area contributed by atoms with Gasteiger partial charge in [-0.2, -0.15) is 5.10 Å². The summed E-state index contributed by atoms with van der Waals surface area (Å²) in [4.78, 5) is 10.9. The summed E-state index contributed by atoms with van der Waals surface area (Å²) in [6.45, 7) is -0.00581. The lowest BCUT2D eigenvalue weighted by atomic mass is 10.2. The van der Waals surface area contributed by atoms with Crippen molar-refractivity contribution >= 4 is 29.1 Å². The lowest BCUT2D eigenvalue weighted by molar-refractivity contribution is -0.116. The second kappa shape index (κ2) is 7.64. The fourth-order valence-corrected chi connectivity index (χ4v) is 2.05. The van der Waals surface area contributed by atoms with E-state index in [2.05, 4.69) is 15.5 Å². The SMILES string of the molecule is O=C1CSC(=NN=Cc2ccc(OCCCF)cc2)N1. The minimum absolute atomic E-state index is 0.0567. The van der Waals surface area contributed by atoms with E-state index in [1.807, 2.05) is 12.1 Å². The molecule has 7 heteroatoms. The monoisotopic (exact) mass is 295 g/mol. The molecule has 0 bridgehead atoms. The van der Waals surface area contributed by atoms with E-state index in [1.165, 1.54) is 11.8 Å². The highest BCUT2D eigenvalue weighted by Gasteiger charge is 2.15. The first-order valence-corrected chi connectivity index (χ1v) is 7.09. The van der Waals surface area contributed by atoms with Crippen molar-refractivity contribution in [3.05, 3.63) is 29.8 Å². The molecule has 0 radical (unpaired) electrons. The van der Waals surface area contributed by atoms with Crippen molar-refractivity contribution in [1.29, 1.82) is 0 Å². The average molecular weight is 295 g/mol. The smallest absolute Gasteiger partial charge is 0.236 e. The highest BCUT2D eigenvalue weighted by atomic mass is 32.2. The topological polar surface area (TPSA) is 63.0 Å². The molecule has 0 aliphatic carbocycles. The minimum Gasteiger partial charge on any atom is -0.493 e. The standard InChI is InChI=1S/C13H14FN3O2S/c14-6-1-7-19-11-4-2-10(3-5-11)8-15-17-13-16-12(18)9-20-13/h2-5,8H,1,6-7,9H2,(H,16,17,18).